The molecule has 0 heterocycles. The molecule has 2 aromatic carbocycles. The number of nitrogens with zero attached hydrogens (tertiary/aromatic N) is 1. The van der Waals surface area contributed by atoms with Crippen molar-refractivity contribution in [2.45, 2.75) is 13.0 Å². The molecule has 0 spiro atoms. The summed E-state index contributed by atoms with van der Waals surface area (Å²) in [6.45, 7) is 1.65. The maximum absolute atomic E-state index is 12.4. The van der Waals surface area contributed by atoms with E-state index in [0.29, 0.717) is 16.9 Å². The van der Waals surface area contributed by atoms with Crippen LogP contribution in [0.5, 0.6) is 0 Å². The van der Waals surface area contributed by atoms with Gasteiger partial charge in [-0.1, -0.05) is 24.3 Å². The highest BCUT2D eigenvalue weighted by atomic mass is 16.5. The number of aliphatic hydroxyl groups is 1. The lowest BCUT2D eigenvalue weighted by atomic mass is 10.1. The van der Waals surface area contributed by atoms with Crippen molar-refractivity contribution in [3.05, 3.63) is 59.7 Å². The number of nitrogens with one attached hydrogen (secondary N) is 2. The Morgan fingerprint density at radius 2 is 1.81 bits per heavy atom. The number of ether oxygens (including phenoxy) is 1. The van der Waals surface area contributed by atoms with E-state index in [9.17, 15) is 9.59 Å². The van der Waals surface area contributed by atoms with Crippen molar-refractivity contribution in [2.75, 3.05) is 23.8 Å². The first-order valence-corrected chi connectivity index (χ1v) is 8.01. The minimum absolute atomic E-state index is 0.0828. The second kappa shape index (κ2) is 9.20. The Morgan fingerprint density at radius 3 is 2.50 bits per heavy atom. The van der Waals surface area contributed by atoms with Gasteiger partial charge in [0.05, 0.1) is 23.4 Å². The normalized spacial score (nSPS) is 11.1. The number of aliphatic hydroxyl groups excluding tert-OH is 1. The highest BCUT2D eigenvalue weighted by Gasteiger charge is 2.21. The maximum Gasteiger partial charge on any atom is 0.341 e. The first-order chi connectivity index (χ1) is 12.6. The van der Waals surface area contributed by atoms with Crippen molar-refractivity contribution in [1.29, 1.82) is 5.26 Å². The van der Waals surface area contributed by atoms with E-state index < -0.39 is 18.0 Å². The van der Waals surface area contributed by atoms with E-state index in [1.54, 1.807) is 48.5 Å². The Labute approximate surface area is 151 Å². The molecule has 0 bridgehead atoms. The number of benzene rings is 2. The van der Waals surface area contributed by atoms with Crippen LogP contribution in [-0.4, -0.2) is 36.2 Å². The Morgan fingerprint density at radius 1 is 1.15 bits per heavy atom. The van der Waals surface area contributed by atoms with Crippen molar-refractivity contribution < 1.29 is 19.4 Å². The summed E-state index contributed by atoms with van der Waals surface area (Å²) in [6.07, 6.45) is -1.06. The minimum Gasteiger partial charge on any atom is -0.449 e. The number of esters is 1. The molecule has 2 rings (SSSR count). The zero-order valence-electron chi connectivity index (χ0n) is 14.2. The molecule has 1 atom stereocenters. The lowest BCUT2D eigenvalue weighted by Gasteiger charge is -2.16. The average molecular weight is 353 g/mol. The van der Waals surface area contributed by atoms with E-state index in [1.165, 1.54) is 6.92 Å². The molecule has 0 radical (unpaired) electrons. The van der Waals surface area contributed by atoms with E-state index >= 15 is 0 Å². The molecule has 0 aliphatic heterocycles. The zero-order chi connectivity index (χ0) is 18.9. The van der Waals surface area contributed by atoms with Gasteiger partial charge in [-0.05, 0) is 31.2 Å². The van der Waals surface area contributed by atoms with E-state index in [-0.39, 0.29) is 18.7 Å². The highest BCUT2D eigenvalue weighted by molar-refractivity contribution is 6.00. The number of nitriles is 1. The summed E-state index contributed by atoms with van der Waals surface area (Å²) in [7, 11) is 0. The molecule has 134 valence electrons. The lowest BCUT2D eigenvalue weighted by molar-refractivity contribution is -0.123. The summed E-state index contributed by atoms with van der Waals surface area (Å²) in [4.78, 5) is 24.6. The predicted octanol–water partition coefficient (Wildman–Crippen LogP) is 2.15. The van der Waals surface area contributed by atoms with Crippen LogP contribution < -0.4 is 10.6 Å². The highest BCUT2D eigenvalue weighted by Crippen LogP contribution is 2.18. The largest absolute Gasteiger partial charge is 0.449 e. The summed E-state index contributed by atoms with van der Waals surface area (Å²) >= 11 is 0. The second-order valence-corrected chi connectivity index (χ2v) is 5.39. The van der Waals surface area contributed by atoms with Gasteiger partial charge in [0.15, 0.2) is 6.10 Å². The summed E-state index contributed by atoms with van der Waals surface area (Å²) in [5.74, 6) is -1.20. The maximum atomic E-state index is 12.4. The van der Waals surface area contributed by atoms with Gasteiger partial charge in [-0.2, -0.15) is 5.26 Å². The third-order valence-electron chi connectivity index (χ3n) is 3.53. The average Bonchev–Trinajstić information content (AvgIpc) is 2.66. The Bertz CT molecular complexity index is 830. The molecule has 3 N–H and O–H groups in total. The van der Waals surface area contributed by atoms with Gasteiger partial charge >= 0.3 is 5.97 Å². The Balaban J connectivity index is 2.05. The molecule has 0 fully saturated rings. The third kappa shape index (κ3) is 4.82. The molecule has 0 aliphatic rings. The van der Waals surface area contributed by atoms with E-state index in [0.717, 1.165) is 0 Å². The second-order valence-electron chi connectivity index (χ2n) is 5.39. The molecule has 7 nitrogen and oxygen atoms in total. The molecule has 0 aliphatic carbocycles. The molecule has 1 amide bonds. The van der Waals surface area contributed by atoms with Crippen LogP contribution in [0.2, 0.25) is 0 Å². The van der Waals surface area contributed by atoms with Crippen LogP contribution >= 0.6 is 0 Å². The molecule has 0 saturated carbocycles. The monoisotopic (exact) mass is 353 g/mol. The molecule has 2 aromatic rings. The fourth-order valence-corrected chi connectivity index (χ4v) is 2.21. The van der Waals surface area contributed by atoms with Gasteiger partial charge in [0.25, 0.3) is 5.91 Å². The summed E-state index contributed by atoms with van der Waals surface area (Å²) in [6, 6.07) is 15.2. The van der Waals surface area contributed by atoms with Gasteiger partial charge < -0.3 is 20.5 Å². The van der Waals surface area contributed by atoms with Crippen LogP contribution in [0.3, 0.4) is 0 Å². The van der Waals surface area contributed by atoms with Crippen molar-refractivity contribution in [3.63, 3.8) is 0 Å². The van der Waals surface area contributed by atoms with Gasteiger partial charge in [-0.15, -0.1) is 0 Å². The van der Waals surface area contributed by atoms with Crippen molar-refractivity contribution in [3.8, 4) is 6.07 Å². The van der Waals surface area contributed by atoms with Crippen LogP contribution in [0.25, 0.3) is 0 Å². The van der Waals surface area contributed by atoms with Crippen molar-refractivity contribution in [2.24, 2.45) is 0 Å². The Kier molecular flexibility index (Phi) is 6.71. The lowest BCUT2D eigenvalue weighted by Crippen LogP contribution is -2.30. The molecule has 7 heteroatoms. The van der Waals surface area contributed by atoms with Crippen LogP contribution in [0.4, 0.5) is 11.4 Å². The van der Waals surface area contributed by atoms with Gasteiger partial charge in [0.2, 0.25) is 0 Å². The first kappa shape index (κ1) is 19.0. The number of rotatable bonds is 7. The SMILES string of the molecule is C[C@H](OC(=O)c1ccccc1NCCO)C(=O)Nc1ccccc1C#N. The first-order valence-electron chi connectivity index (χ1n) is 8.01. The smallest absolute Gasteiger partial charge is 0.341 e. The standard InChI is InChI=1S/C19H19N3O4/c1-13(18(24)22-16-8-4-2-6-14(16)12-20)26-19(25)15-7-3-5-9-17(15)21-10-11-23/h2-9,13,21,23H,10-11H2,1H3,(H,22,24)/t13-/m0/s1. The summed E-state index contributed by atoms with van der Waals surface area (Å²) in [5, 5.41) is 23.5. The number of carbonyl (C=O) groups is 2. The zero-order valence-corrected chi connectivity index (χ0v) is 14.2. The fraction of sp³-hybridized carbons (Fsp3) is 0.211. The molecule has 0 aromatic heterocycles. The molecule has 26 heavy (non-hydrogen) atoms. The van der Waals surface area contributed by atoms with Gasteiger partial charge in [-0.3, -0.25) is 4.79 Å². The number of hydrogen-bond acceptors (Lipinski definition) is 6. The molecular formula is C19H19N3O4. The number of carbonyl (C=O) groups excluding carboxylic acids is 2. The van der Waals surface area contributed by atoms with Gasteiger partial charge in [0.1, 0.15) is 6.07 Å². The summed E-state index contributed by atoms with van der Waals surface area (Å²) < 4.78 is 5.23. The number of anilines is 2. The fourth-order valence-electron chi connectivity index (χ4n) is 2.21. The predicted molar refractivity (Wildman–Crippen MR) is 96.7 cm³/mol. The van der Waals surface area contributed by atoms with E-state index in [1.807, 2.05) is 6.07 Å². The third-order valence-corrected chi connectivity index (χ3v) is 3.53. The molecule has 0 unspecified atom stereocenters. The van der Waals surface area contributed by atoms with Crippen LogP contribution in [-0.2, 0) is 9.53 Å². The van der Waals surface area contributed by atoms with E-state index in [2.05, 4.69) is 10.6 Å². The Hall–Kier alpha value is -3.37. The number of hydrogen-bond donors (Lipinski definition) is 3. The molecule has 0 saturated heterocycles. The van der Waals surface area contributed by atoms with Gasteiger partial charge in [0, 0.05) is 12.2 Å². The summed E-state index contributed by atoms with van der Waals surface area (Å²) in [5.41, 5.74) is 1.44. The van der Waals surface area contributed by atoms with E-state index in [4.69, 9.17) is 15.1 Å². The van der Waals surface area contributed by atoms with Crippen molar-refractivity contribution >= 4 is 23.3 Å². The van der Waals surface area contributed by atoms with Crippen LogP contribution in [0, 0.1) is 11.3 Å². The molecular weight excluding hydrogens is 334 g/mol. The van der Waals surface area contributed by atoms with Crippen molar-refractivity contribution in [1.82, 2.24) is 0 Å². The van der Waals surface area contributed by atoms with Crippen LogP contribution in [0.1, 0.15) is 22.8 Å². The quantitative estimate of drug-likeness (QED) is 0.658. The number of amides is 1. The topological polar surface area (TPSA) is 111 Å². The number of para-hydroxylation sites is 2. The van der Waals surface area contributed by atoms with Crippen LogP contribution in [0.15, 0.2) is 48.5 Å². The van der Waals surface area contributed by atoms with Gasteiger partial charge in [-0.25, -0.2) is 4.79 Å². The minimum atomic E-state index is -1.06.